The van der Waals surface area contributed by atoms with Crippen LogP contribution in [0.1, 0.15) is 107 Å². The second-order valence-electron chi connectivity index (χ2n) is 10.1. The summed E-state index contributed by atoms with van der Waals surface area (Å²) in [7, 11) is 0. The average Bonchev–Trinajstić information content (AvgIpc) is 3.32. The lowest BCUT2D eigenvalue weighted by atomic mass is 10.1. The molecule has 202 valence electrons. The molecular formula is C32H46N2O2S. The number of nitrogens with zero attached hydrogens (tertiary/aromatic N) is 1. The van der Waals surface area contributed by atoms with Crippen LogP contribution in [0.15, 0.2) is 59.6 Å². The van der Waals surface area contributed by atoms with Gasteiger partial charge in [0.15, 0.2) is 0 Å². The van der Waals surface area contributed by atoms with Crippen molar-refractivity contribution >= 4 is 23.4 Å². The third-order valence-electron chi connectivity index (χ3n) is 6.85. The van der Waals surface area contributed by atoms with E-state index in [2.05, 4.69) is 36.3 Å². The zero-order chi connectivity index (χ0) is 26.1. The summed E-state index contributed by atoms with van der Waals surface area (Å²) in [5, 5.41) is 3.13. The van der Waals surface area contributed by atoms with E-state index in [4.69, 9.17) is 4.74 Å². The molecule has 0 aliphatic carbocycles. The Morgan fingerprint density at radius 2 is 1.49 bits per heavy atom. The normalized spacial score (nSPS) is 13.0. The lowest BCUT2D eigenvalue weighted by Crippen LogP contribution is -2.18. The molecule has 0 unspecified atom stereocenters. The number of allylic oxidation sites excluding steroid dienone is 1. The Bertz CT molecular complexity index is 975. The van der Waals surface area contributed by atoms with Crippen LogP contribution in [0.2, 0.25) is 0 Å². The smallest absolute Gasteiger partial charge is 0.259 e. The van der Waals surface area contributed by atoms with Crippen molar-refractivity contribution in [2.24, 2.45) is 0 Å². The van der Waals surface area contributed by atoms with Gasteiger partial charge in [-0.2, -0.15) is 0 Å². The summed E-state index contributed by atoms with van der Waals surface area (Å²) in [5.41, 5.74) is 2.55. The molecule has 1 amide bonds. The van der Waals surface area contributed by atoms with E-state index in [1.54, 1.807) is 0 Å². The van der Waals surface area contributed by atoms with Crippen LogP contribution >= 0.6 is 11.8 Å². The van der Waals surface area contributed by atoms with E-state index in [1.807, 2.05) is 54.2 Å². The van der Waals surface area contributed by atoms with Crippen LogP contribution in [0.4, 0.5) is 5.69 Å². The van der Waals surface area contributed by atoms with Gasteiger partial charge in [0.2, 0.25) is 0 Å². The van der Waals surface area contributed by atoms with E-state index in [0.717, 1.165) is 30.1 Å². The van der Waals surface area contributed by atoms with Crippen molar-refractivity contribution in [3.05, 3.63) is 70.8 Å². The number of rotatable bonds is 18. The number of nitrogens with one attached hydrogen (secondary N) is 1. The van der Waals surface area contributed by atoms with E-state index in [9.17, 15) is 4.79 Å². The molecule has 37 heavy (non-hydrogen) atoms. The number of anilines is 1. The molecule has 0 bridgehead atoms. The van der Waals surface area contributed by atoms with E-state index < -0.39 is 0 Å². The molecule has 0 saturated carbocycles. The number of benzene rings is 2. The lowest BCUT2D eigenvalue weighted by molar-refractivity contribution is 0.102. The van der Waals surface area contributed by atoms with Crippen LogP contribution in [0.3, 0.4) is 0 Å². The second kappa shape index (κ2) is 17.2. The van der Waals surface area contributed by atoms with E-state index >= 15 is 0 Å². The fourth-order valence-electron chi connectivity index (χ4n) is 4.70. The molecule has 3 rings (SSSR count). The predicted molar refractivity (Wildman–Crippen MR) is 159 cm³/mol. The molecule has 1 N–H and O–H groups in total. The topological polar surface area (TPSA) is 41.6 Å². The summed E-state index contributed by atoms with van der Waals surface area (Å²) in [6.07, 6.45) is 18.0. The highest BCUT2D eigenvalue weighted by Gasteiger charge is 2.16. The van der Waals surface area contributed by atoms with Crippen LogP contribution in [0.5, 0.6) is 5.75 Å². The summed E-state index contributed by atoms with van der Waals surface area (Å²) in [6, 6.07) is 15.6. The third kappa shape index (κ3) is 10.9. The van der Waals surface area contributed by atoms with E-state index in [-0.39, 0.29) is 5.91 Å². The van der Waals surface area contributed by atoms with Gasteiger partial charge in [-0.1, -0.05) is 108 Å². The van der Waals surface area contributed by atoms with Crippen molar-refractivity contribution in [3.63, 3.8) is 0 Å². The second-order valence-corrected chi connectivity index (χ2v) is 11.3. The maximum atomic E-state index is 13.2. The molecule has 0 radical (unpaired) electrons. The van der Waals surface area contributed by atoms with Crippen molar-refractivity contribution in [2.45, 2.75) is 97.4 Å². The number of hydrogen-bond donors (Lipinski definition) is 1. The third-order valence-corrected chi connectivity index (χ3v) is 7.87. The first-order valence-corrected chi connectivity index (χ1v) is 15.3. The van der Waals surface area contributed by atoms with Crippen LogP contribution in [0.25, 0.3) is 0 Å². The highest BCUT2D eigenvalue weighted by Crippen LogP contribution is 2.28. The Hall–Kier alpha value is -2.40. The van der Waals surface area contributed by atoms with E-state index in [1.165, 1.54) is 75.5 Å². The Kier molecular flexibility index (Phi) is 13.5. The Balaban J connectivity index is 1.38. The molecule has 0 aromatic heterocycles. The van der Waals surface area contributed by atoms with Crippen molar-refractivity contribution in [2.75, 3.05) is 17.8 Å². The number of carbonyl (C=O) groups is 1. The largest absolute Gasteiger partial charge is 0.493 e. The lowest BCUT2D eigenvalue weighted by Gasteiger charge is -2.18. The quantitative estimate of drug-likeness (QED) is 0.198. The van der Waals surface area contributed by atoms with Gasteiger partial charge < -0.3 is 15.0 Å². The first kappa shape index (κ1) is 29.2. The first-order chi connectivity index (χ1) is 18.2. The maximum absolute atomic E-state index is 13.2. The molecule has 0 saturated heterocycles. The van der Waals surface area contributed by atoms with Crippen molar-refractivity contribution in [1.29, 1.82) is 0 Å². The molecule has 5 heteroatoms. The van der Waals surface area contributed by atoms with Gasteiger partial charge in [-0.05, 0) is 42.0 Å². The average molecular weight is 523 g/mol. The van der Waals surface area contributed by atoms with Gasteiger partial charge in [0.1, 0.15) is 5.75 Å². The molecule has 1 aliphatic heterocycles. The zero-order valence-electron chi connectivity index (χ0n) is 23.0. The SMILES string of the molecule is CCCCCCCCCCCCCCOc1ccccc1C(=O)Nc1ccccc1CN1C=C(C)SC1. The van der Waals surface area contributed by atoms with Gasteiger partial charge >= 0.3 is 0 Å². The van der Waals surface area contributed by atoms with E-state index in [0.29, 0.717) is 17.9 Å². The number of ether oxygens (including phenoxy) is 1. The number of para-hydroxylation sites is 2. The fraction of sp³-hybridized carbons (Fsp3) is 0.531. The van der Waals surface area contributed by atoms with Gasteiger partial charge in [-0.15, -0.1) is 11.8 Å². The van der Waals surface area contributed by atoms with Gasteiger partial charge in [0, 0.05) is 18.4 Å². The van der Waals surface area contributed by atoms with Crippen LogP contribution in [-0.2, 0) is 6.54 Å². The molecule has 0 spiro atoms. The van der Waals surface area contributed by atoms with Crippen molar-refractivity contribution in [3.8, 4) is 5.75 Å². The minimum Gasteiger partial charge on any atom is -0.493 e. The van der Waals surface area contributed by atoms with Crippen LogP contribution < -0.4 is 10.1 Å². The highest BCUT2D eigenvalue weighted by molar-refractivity contribution is 8.03. The summed E-state index contributed by atoms with van der Waals surface area (Å²) in [5.74, 6) is 1.49. The number of amides is 1. The summed E-state index contributed by atoms with van der Waals surface area (Å²) in [6.45, 7) is 5.83. The summed E-state index contributed by atoms with van der Waals surface area (Å²) >= 11 is 1.85. The number of carbonyl (C=O) groups excluding carboxylic acids is 1. The number of hydrogen-bond acceptors (Lipinski definition) is 4. The van der Waals surface area contributed by atoms with Gasteiger partial charge in [-0.3, -0.25) is 4.79 Å². The minimum absolute atomic E-state index is 0.125. The van der Waals surface area contributed by atoms with Crippen molar-refractivity contribution in [1.82, 2.24) is 4.90 Å². The molecule has 4 nitrogen and oxygen atoms in total. The molecule has 1 heterocycles. The van der Waals surface area contributed by atoms with Gasteiger partial charge in [-0.25, -0.2) is 0 Å². The number of thioether (sulfide) groups is 1. The molecule has 2 aromatic carbocycles. The van der Waals surface area contributed by atoms with Gasteiger partial charge in [0.25, 0.3) is 5.91 Å². The predicted octanol–water partition coefficient (Wildman–Crippen LogP) is 9.39. The molecule has 2 aromatic rings. The van der Waals surface area contributed by atoms with Crippen LogP contribution in [0, 0.1) is 0 Å². The highest BCUT2D eigenvalue weighted by atomic mass is 32.2. The summed E-state index contributed by atoms with van der Waals surface area (Å²) < 4.78 is 6.06. The molecule has 0 atom stereocenters. The molecular weight excluding hydrogens is 476 g/mol. The zero-order valence-corrected chi connectivity index (χ0v) is 23.8. The van der Waals surface area contributed by atoms with Gasteiger partial charge in [0.05, 0.1) is 18.0 Å². The fourth-order valence-corrected chi connectivity index (χ4v) is 5.46. The monoisotopic (exact) mass is 522 g/mol. The molecule has 0 fully saturated rings. The minimum atomic E-state index is -0.125. The number of unbranched alkanes of at least 4 members (excludes halogenated alkanes) is 11. The maximum Gasteiger partial charge on any atom is 0.259 e. The van der Waals surface area contributed by atoms with Crippen molar-refractivity contribution < 1.29 is 9.53 Å². The standard InChI is InChI=1S/C32H46N2O2S/c1-3-4-5-6-7-8-9-10-11-12-13-18-23-36-31-22-17-15-20-29(31)32(35)33-30-21-16-14-19-28(30)25-34-24-27(2)37-26-34/h14-17,19-22,24H,3-13,18,23,25-26H2,1-2H3,(H,33,35). The van der Waals surface area contributed by atoms with Crippen LogP contribution in [-0.4, -0.2) is 23.3 Å². The first-order valence-electron chi connectivity index (χ1n) is 14.3. The Morgan fingerprint density at radius 1 is 0.865 bits per heavy atom. The molecule has 1 aliphatic rings. The summed E-state index contributed by atoms with van der Waals surface area (Å²) in [4.78, 5) is 16.8. The Morgan fingerprint density at radius 3 is 2.16 bits per heavy atom. The Labute approximate surface area is 229 Å².